The van der Waals surface area contributed by atoms with Crippen molar-refractivity contribution in [2.24, 2.45) is 0 Å². The number of rotatable bonds is 4. The van der Waals surface area contributed by atoms with Gasteiger partial charge in [0.1, 0.15) is 10.7 Å². The fourth-order valence-electron chi connectivity index (χ4n) is 2.10. The van der Waals surface area contributed by atoms with Gasteiger partial charge in [-0.3, -0.25) is 4.79 Å². The number of hydrogen-bond acceptors (Lipinski definition) is 4. The number of carbonyl (C=O) groups excluding carboxylic acids is 1. The summed E-state index contributed by atoms with van der Waals surface area (Å²) < 4.78 is 0. The Labute approximate surface area is 132 Å². The SMILES string of the molecule is O=C(Nc1scnc1-c1ccccc1)C(O)c1ccccc1. The summed E-state index contributed by atoms with van der Waals surface area (Å²) in [7, 11) is 0. The summed E-state index contributed by atoms with van der Waals surface area (Å²) >= 11 is 1.33. The zero-order valence-electron chi connectivity index (χ0n) is 11.6. The lowest BCUT2D eigenvalue weighted by atomic mass is 10.1. The molecule has 0 bridgehead atoms. The van der Waals surface area contributed by atoms with Crippen molar-refractivity contribution < 1.29 is 9.90 Å². The monoisotopic (exact) mass is 310 g/mol. The van der Waals surface area contributed by atoms with Crippen LogP contribution in [0.2, 0.25) is 0 Å². The average Bonchev–Trinajstić information content (AvgIpc) is 3.04. The van der Waals surface area contributed by atoms with E-state index in [1.807, 2.05) is 36.4 Å². The Morgan fingerprint density at radius 1 is 1.05 bits per heavy atom. The van der Waals surface area contributed by atoms with Gasteiger partial charge in [-0.1, -0.05) is 60.7 Å². The molecule has 1 heterocycles. The number of nitrogens with zero attached hydrogens (tertiary/aromatic N) is 1. The van der Waals surface area contributed by atoms with E-state index in [4.69, 9.17) is 0 Å². The Morgan fingerprint density at radius 3 is 2.36 bits per heavy atom. The number of aromatic nitrogens is 1. The first-order chi connectivity index (χ1) is 10.8. The molecule has 0 aliphatic carbocycles. The molecule has 2 N–H and O–H groups in total. The van der Waals surface area contributed by atoms with E-state index in [9.17, 15) is 9.90 Å². The molecule has 0 saturated carbocycles. The molecule has 2 aromatic carbocycles. The van der Waals surface area contributed by atoms with E-state index >= 15 is 0 Å². The van der Waals surface area contributed by atoms with Gasteiger partial charge in [0.05, 0.1) is 5.51 Å². The molecule has 4 nitrogen and oxygen atoms in total. The highest BCUT2D eigenvalue weighted by Gasteiger charge is 2.19. The number of aliphatic hydroxyl groups is 1. The van der Waals surface area contributed by atoms with Crippen LogP contribution in [0.15, 0.2) is 66.2 Å². The van der Waals surface area contributed by atoms with Crippen molar-refractivity contribution in [2.45, 2.75) is 6.10 Å². The highest BCUT2D eigenvalue weighted by Crippen LogP contribution is 2.31. The number of hydrogen-bond donors (Lipinski definition) is 2. The van der Waals surface area contributed by atoms with Gasteiger partial charge >= 0.3 is 0 Å². The standard InChI is InChI=1S/C17H14N2O2S/c20-15(13-9-5-2-6-10-13)16(21)19-17-14(18-11-22-17)12-7-3-1-4-8-12/h1-11,15,20H,(H,19,21). The van der Waals surface area contributed by atoms with E-state index in [0.29, 0.717) is 16.3 Å². The molecule has 22 heavy (non-hydrogen) atoms. The Balaban J connectivity index is 1.80. The highest BCUT2D eigenvalue weighted by atomic mass is 32.1. The van der Waals surface area contributed by atoms with Crippen LogP contribution in [-0.4, -0.2) is 16.0 Å². The first-order valence-electron chi connectivity index (χ1n) is 6.78. The Kier molecular flexibility index (Phi) is 4.27. The first-order valence-corrected chi connectivity index (χ1v) is 7.66. The molecule has 5 heteroatoms. The van der Waals surface area contributed by atoms with Gasteiger partial charge in [0, 0.05) is 5.56 Å². The largest absolute Gasteiger partial charge is 0.378 e. The van der Waals surface area contributed by atoms with E-state index in [2.05, 4.69) is 10.3 Å². The van der Waals surface area contributed by atoms with E-state index in [-0.39, 0.29) is 0 Å². The lowest BCUT2D eigenvalue weighted by molar-refractivity contribution is -0.124. The first kappa shape index (κ1) is 14.4. The van der Waals surface area contributed by atoms with Crippen LogP contribution in [0.3, 0.4) is 0 Å². The minimum Gasteiger partial charge on any atom is -0.378 e. The molecule has 0 saturated heterocycles. The van der Waals surface area contributed by atoms with E-state index < -0.39 is 12.0 Å². The molecule has 0 aliphatic heterocycles. The number of thiazole rings is 1. The summed E-state index contributed by atoms with van der Waals surface area (Å²) in [5.41, 5.74) is 3.87. The van der Waals surface area contributed by atoms with Crippen molar-refractivity contribution in [1.29, 1.82) is 0 Å². The second-order valence-electron chi connectivity index (χ2n) is 4.70. The van der Waals surface area contributed by atoms with Crippen LogP contribution in [0.5, 0.6) is 0 Å². The van der Waals surface area contributed by atoms with Gasteiger partial charge in [-0.2, -0.15) is 0 Å². The van der Waals surface area contributed by atoms with Crippen LogP contribution in [0, 0.1) is 0 Å². The third-order valence-corrected chi connectivity index (χ3v) is 3.96. The Morgan fingerprint density at radius 2 is 1.68 bits per heavy atom. The summed E-state index contributed by atoms with van der Waals surface area (Å²) in [5.74, 6) is -0.465. The molecule has 1 atom stereocenters. The Hall–Kier alpha value is -2.50. The molecular weight excluding hydrogens is 296 g/mol. The second-order valence-corrected chi connectivity index (χ2v) is 5.55. The topological polar surface area (TPSA) is 62.2 Å². The molecule has 1 unspecified atom stereocenters. The quantitative estimate of drug-likeness (QED) is 0.775. The van der Waals surface area contributed by atoms with Gasteiger partial charge in [0.2, 0.25) is 0 Å². The van der Waals surface area contributed by atoms with Gasteiger partial charge in [0.25, 0.3) is 5.91 Å². The van der Waals surface area contributed by atoms with Gasteiger partial charge in [0.15, 0.2) is 6.10 Å². The molecule has 1 amide bonds. The summed E-state index contributed by atoms with van der Waals surface area (Å²) in [6.45, 7) is 0. The third kappa shape index (κ3) is 3.05. The highest BCUT2D eigenvalue weighted by molar-refractivity contribution is 7.14. The van der Waals surface area contributed by atoms with Crippen molar-refractivity contribution in [2.75, 3.05) is 5.32 Å². The molecule has 3 aromatic rings. The lowest BCUT2D eigenvalue weighted by Gasteiger charge is -2.11. The zero-order chi connectivity index (χ0) is 15.4. The van der Waals surface area contributed by atoms with Crippen LogP contribution in [-0.2, 0) is 4.79 Å². The van der Waals surface area contributed by atoms with Gasteiger partial charge < -0.3 is 10.4 Å². The smallest absolute Gasteiger partial charge is 0.258 e. The van der Waals surface area contributed by atoms with Gasteiger partial charge in [-0.15, -0.1) is 11.3 Å². The third-order valence-electron chi connectivity index (χ3n) is 3.22. The van der Waals surface area contributed by atoms with Gasteiger partial charge in [-0.25, -0.2) is 4.98 Å². The van der Waals surface area contributed by atoms with E-state index in [1.54, 1.807) is 29.8 Å². The van der Waals surface area contributed by atoms with Gasteiger partial charge in [-0.05, 0) is 5.56 Å². The molecule has 0 fully saturated rings. The molecule has 1 aromatic heterocycles. The van der Waals surface area contributed by atoms with E-state index in [1.165, 1.54) is 11.3 Å². The molecular formula is C17H14N2O2S. The molecule has 0 aliphatic rings. The van der Waals surface area contributed by atoms with Crippen molar-refractivity contribution in [3.8, 4) is 11.3 Å². The van der Waals surface area contributed by atoms with Crippen molar-refractivity contribution in [1.82, 2.24) is 4.98 Å². The number of benzene rings is 2. The number of anilines is 1. The van der Waals surface area contributed by atoms with Crippen molar-refractivity contribution in [3.05, 3.63) is 71.7 Å². The zero-order valence-corrected chi connectivity index (χ0v) is 12.5. The Bertz CT molecular complexity index is 757. The maximum Gasteiger partial charge on any atom is 0.258 e. The van der Waals surface area contributed by atoms with Crippen LogP contribution in [0.25, 0.3) is 11.3 Å². The number of amides is 1. The minimum atomic E-state index is -1.20. The van der Waals surface area contributed by atoms with Crippen LogP contribution < -0.4 is 5.32 Å². The fourth-order valence-corrected chi connectivity index (χ4v) is 2.81. The lowest BCUT2D eigenvalue weighted by Crippen LogP contribution is -2.20. The summed E-state index contributed by atoms with van der Waals surface area (Å²) in [6, 6.07) is 18.5. The van der Waals surface area contributed by atoms with E-state index in [0.717, 1.165) is 5.56 Å². The maximum atomic E-state index is 12.2. The minimum absolute atomic E-state index is 0.465. The molecule has 3 rings (SSSR count). The maximum absolute atomic E-state index is 12.2. The number of carbonyl (C=O) groups is 1. The predicted molar refractivity (Wildman–Crippen MR) is 87.6 cm³/mol. The van der Waals surface area contributed by atoms with Crippen LogP contribution in [0.4, 0.5) is 5.00 Å². The normalized spacial score (nSPS) is 11.9. The van der Waals surface area contributed by atoms with Crippen molar-refractivity contribution >= 4 is 22.2 Å². The molecule has 0 spiro atoms. The predicted octanol–water partition coefficient (Wildman–Crippen LogP) is 3.48. The van der Waals surface area contributed by atoms with Crippen molar-refractivity contribution in [3.63, 3.8) is 0 Å². The number of aliphatic hydroxyl groups excluding tert-OH is 1. The van der Waals surface area contributed by atoms with Crippen LogP contribution >= 0.6 is 11.3 Å². The summed E-state index contributed by atoms with van der Waals surface area (Å²) in [4.78, 5) is 16.5. The molecule has 110 valence electrons. The average molecular weight is 310 g/mol. The number of nitrogens with one attached hydrogen (secondary N) is 1. The molecule has 0 radical (unpaired) electrons. The summed E-state index contributed by atoms with van der Waals surface area (Å²) in [5, 5.41) is 13.5. The van der Waals surface area contributed by atoms with Crippen LogP contribution in [0.1, 0.15) is 11.7 Å². The fraction of sp³-hybridized carbons (Fsp3) is 0.0588. The summed E-state index contributed by atoms with van der Waals surface area (Å²) in [6.07, 6.45) is -1.20. The second kappa shape index (κ2) is 6.51.